The molecule has 2 atom stereocenters. The third kappa shape index (κ3) is 1.37. The Morgan fingerprint density at radius 3 is 2.87 bits per heavy atom. The highest BCUT2D eigenvalue weighted by molar-refractivity contribution is 5.78. The Morgan fingerprint density at radius 2 is 2.20 bits per heavy atom. The van der Waals surface area contributed by atoms with Crippen molar-refractivity contribution in [3.05, 3.63) is 41.7 Å². The number of carbonyl (C=O) groups excluding carboxylic acids is 1. The summed E-state index contributed by atoms with van der Waals surface area (Å²) >= 11 is 0. The molecule has 0 spiro atoms. The summed E-state index contributed by atoms with van der Waals surface area (Å²) in [6.45, 7) is 2.28. The summed E-state index contributed by atoms with van der Waals surface area (Å²) in [6.07, 6.45) is 6.23. The molecule has 1 fully saturated rings. The van der Waals surface area contributed by atoms with Crippen LogP contribution in [0.1, 0.15) is 35.2 Å². The quantitative estimate of drug-likeness (QED) is 0.681. The van der Waals surface area contributed by atoms with Crippen LogP contribution < -0.4 is 0 Å². The first-order chi connectivity index (χ1) is 7.28. The van der Waals surface area contributed by atoms with Crippen molar-refractivity contribution < 1.29 is 4.79 Å². The first kappa shape index (κ1) is 8.72. The molecular weight excluding hydrogens is 186 g/mol. The van der Waals surface area contributed by atoms with Crippen molar-refractivity contribution in [1.82, 2.24) is 4.40 Å². The fourth-order valence-corrected chi connectivity index (χ4v) is 2.22. The van der Waals surface area contributed by atoms with Crippen LogP contribution in [0.3, 0.4) is 0 Å². The summed E-state index contributed by atoms with van der Waals surface area (Å²) in [6, 6.07) is 6.18. The van der Waals surface area contributed by atoms with Crippen LogP contribution in [0.5, 0.6) is 0 Å². The highest BCUT2D eigenvalue weighted by Crippen LogP contribution is 2.46. The van der Waals surface area contributed by atoms with E-state index >= 15 is 0 Å². The van der Waals surface area contributed by atoms with Gasteiger partial charge in [-0.2, -0.15) is 0 Å². The van der Waals surface area contributed by atoms with E-state index in [1.165, 1.54) is 12.0 Å². The lowest BCUT2D eigenvalue weighted by molar-refractivity contribution is 0.112. The van der Waals surface area contributed by atoms with Crippen LogP contribution in [0.2, 0.25) is 0 Å². The number of hydrogen-bond donors (Lipinski definition) is 0. The molecule has 2 nitrogen and oxygen atoms in total. The van der Waals surface area contributed by atoms with Crippen LogP contribution in [-0.4, -0.2) is 10.7 Å². The number of aromatic nitrogens is 1. The molecule has 1 unspecified atom stereocenters. The predicted octanol–water partition coefficient (Wildman–Crippen LogP) is 2.88. The van der Waals surface area contributed by atoms with E-state index < -0.39 is 0 Å². The lowest BCUT2D eigenvalue weighted by atomic mass is 10.1. The molecule has 76 valence electrons. The Morgan fingerprint density at radius 1 is 1.40 bits per heavy atom. The van der Waals surface area contributed by atoms with Crippen molar-refractivity contribution in [1.29, 1.82) is 0 Å². The van der Waals surface area contributed by atoms with E-state index in [1.807, 2.05) is 16.7 Å². The molecule has 0 aliphatic heterocycles. The van der Waals surface area contributed by atoms with E-state index in [0.717, 1.165) is 29.2 Å². The Labute approximate surface area is 88.5 Å². The molecule has 0 radical (unpaired) electrons. The maximum Gasteiger partial charge on any atom is 0.151 e. The smallest absolute Gasteiger partial charge is 0.151 e. The maximum atomic E-state index is 10.6. The molecule has 0 amide bonds. The second-order valence-corrected chi connectivity index (χ2v) is 4.51. The summed E-state index contributed by atoms with van der Waals surface area (Å²) in [7, 11) is 0. The van der Waals surface area contributed by atoms with Crippen molar-refractivity contribution in [2.45, 2.75) is 19.3 Å². The number of fused-ring (bicyclic) bond motifs is 1. The molecule has 2 heterocycles. The standard InChI is InChI=1S/C13H13NO/c1-9-4-13(9)11-2-3-12-5-10(8-15)6-14(12)7-11/h2-3,5-9,13H,4H2,1H3/t9?,13-/m0/s1. The summed E-state index contributed by atoms with van der Waals surface area (Å²) in [4.78, 5) is 10.6. The van der Waals surface area contributed by atoms with Gasteiger partial charge in [-0.15, -0.1) is 0 Å². The SMILES string of the molecule is CC1C[C@@H]1c1ccc2cc(C=O)cn2c1. The summed E-state index contributed by atoms with van der Waals surface area (Å²) in [5.41, 5.74) is 3.23. The van der Waals surface area contributed by atoms with E-state index in [9.17, 15) is 4.79 Å². The van der Waals surface area contributed by atoms with Gasteiger partial charge in [0.15, 0.2) is 6.29 Å². The first-order valence-corrected chi connectivity index (χ1v) is 5.35. The highest BCUT2D eigenvalue weighted by atomic mass is 16.1. The average Bonchev–Trinajstić information content (AvgIpc) is 2.83. The Kier molecular flexibility index (Phi) is 1.72. The molecule has 0 N–H and O–H groups in total. The van der Waals surface area contributed by atoms with Crippen molar-refractivity contribution in [3.8, 4) is 0 Å². The molecule has 0 saturated heterocycles. The van der Waals surface area contributed by atoms with E-state index in [0.29, 0.717) is 0 Å². The van der Waals surface area contributed by atoms with Crippen molar-refractivity contribution in [2.75, 3.05) is 0 Å². The van der Waals surface area contributed by atoms with Crippen LogP contribution >= 0.6 is 0 Å². The van der Waals surface area contributed by atoms with Gasteiger partial charge in [0.1, 0.15) is 0 Å². The normalized spacial score (nSPS) is 24.3. The van der Waals surface area contributed by atoms with E-state index in [1.54, 1.807) is 0 Å². The summed E-state index contributed by atoms with van der Waals surface area (Å²) < 4.78 is 2.05. The van der Waals surface area contributed by atoms with Gasteiger partial charge in [0.2, 0.25) is 0 Å². The van der Waals surface area contributed by atoms with Crippen LogP contribution in [-0.2, 0) is 0 Å². The highest BCUT2D eigenvalue weighted by Gasteiger charge is 2.33. The minimum absolute atomic E-state index is 0.733. The number of carbonyl (C=O) groups is 1. The van der Waals surface area contributed by atoms with E-state index in [-0.39, 0.29) is 0 Å². The largest absolute Gasteiger partial charge is 0.323 e. The number of pyridine rings is 1. The van der Waals surface area contributed by atoms with Gasteiger partial charge in [-0.1, -0.05) is 13.0 Å². The third-order valence-electron chi connectivity index (χ3n) is 3.31. The van der Waals surface area contributed by atoms with Gasteiger partial charge in [0.25, 0.3) is 0 Å². The van der Waals surface area contributed by atoms with Crippen molar-refractivity contribution in [2.24, 2.45) is 5.92 Å². The van der Waals surface area contributed by atoms with Crippen LogP contribution in [0.25, 0.3) is 5.52 Å². The van der Waals surface area contributed by atoms with Crippen molar-refractivity contribution >= 4 is 11.8 Å². The summed E-state index contributed by atoms with van der Waals surface area (Å²) in [5, 5.41) is 0. The first-order valence-electron chi connectivity index (χ1n) is 5.35. The number of aldehydes is 1. The van der Waals surface area contributed by atoms with Gasteiger partial charge < -0.3 is 4.40 Å². The lowest BCUT2D eigenvalue weighted by Crippen LogP contribution is -1.87. The molecular formula is C13H13NO. The molecule has 1 aliphatic carbocycles. The molecule has 0 aromatic carbocycles. The second kappa shape index (κ2) is 2.96. The minimum Gasteiger partial charge on any atom is -0.323 e. The Hall–Kier alpha value is -1.57. The van der Waals surface area contributed by atoms with Gasteiger partial charge in [0, 0.05) is 23.5 Å². The second-order valence-electron chi connectivity index (χ2n) is 4.51. The Bertz CT molecular complexity index is 526. The Balaban J connectivity index is 2.09. The topological polar surface area (TPSA) is 21.5 Å². The van der Waals surface area contributed by atoms with Gasteiger partial charge in [0.05, 0.1) is 0 Å². The van der Waals surface area contributed by atoms with Crippen molar-refractivity contribution in [3.63, 3.8) is 0 Å². The fraction of sp³-hybridized carbons (Fsp3) is 0.308. The predicted molar refractivity (Wildman–Crippen MR) is 59.3 cm³/mol. The molecule has 1 aliphatic rings. The minimum atomic E-state index is 0.733. The zero-order valence-electron chi connectivity index (χ0n) is 8.68. The average molecular weight is 199 g/mol. The number of rotatable bonds is 2. The zero-order chi connectivity index (χ0) is 10.4. The summed E-state index contributed by atoms with van der Waals surface area (Å²) in [5.74, 6) is 1.56. The van der Waals surface area contributed by atoms with Gasteiger partial charge >= 0.3 is 0 Å². The van der Waals surface area contributed by atoms with Gasteiger partial charge in [-0.25, -0.2) is 0 Å². The van der Waals surface area contributed by atoms with Crippen LogP contribution in [0.15, 0.2) is 30.6 Å². The molecule has 2 aromatic heterocycles. The molecule has 1 saturated carbocycles. The molecule has 3 rings (SSSR count). The van der Waals surface area contributed by atoms with E-state index in [4.69, 9.17) is 0 Å². The molecule has 15 heavy (non-hydrogen) atoms. The monoisotopic (exact) mass is 199 g/mol. The maximum absolute atomic E-state index is 10.6. The fourth-order valence-electron chi connectivity index (χ4n) is 2.22. The van der Waals surface area contributed by atoms with Gasteiger partial charge in [-0.3, -0.25) is 4.79 Å². The lowest BCUT2D eigenvalue weighted by Gasteiger charge is -2.00. The molecule has 2 heteroatoms. The van der Waals surface area contributed by atoms with Crippen LogP contribution in [0.4, 0.5) is 0 Å². The molecule has 0 bridgehead atoms. The molecule has 2 aromatic rings. The van der Waals surface area contributed by atoms with Gasteiger partial charge in [-0.05, 0) is 36.0 Å². The number of hydrogen-bond acceptors (Lipinski definition) is 1. The van der Waals surface area contributed by atoms with Crippen LogP contribution in [0, 0.1) is 5.92 Å². The van der Waals surface area contributed by atoms with E-state index in [2.05, 4.69) is 25.3 Å². The zero-order valence-corrected chi connectivity index (χ0v) is 8.68. The third-order valence-corrected chi connectivity index (χ3v) is 3.31. The number of nitrogens with zero attached hydrogens (tertiary/aromatic N) is 1.